The van der Waals surface area contributed by atoms with Gasteiger partial charge in [-0.3, -0.25) is 4.79 Å². The van der Waals surface area contributed by atoms with Gasteiger partial charge in [-0.05, 0) is 43.7 Å². The van der Waals surface area contributed by atoms with Gasteiger partial charge in [0.05, 0.1) is 27.7 Å². The largest absolute Gasteiger partial charge is 0.438 e. The summed E-state index contributed by atoms with van der Waals surface area (Å²) < 4.78 is 74.4. The highest BCUT2D eigenvalue weighted by Gasteiger charge is 2.35. The fraction of sp³-hybridized carbons (Fsp3) is 0.200. The second kappa shape index (κ2) is 8.68. The molecule has 0 fully saturated rings. The predicted octanol–water partition coefficient (Wildman–Crippen LogP) is 6.36. The number of hydrogen-bond donors (Lipinski definition) is 1. The van der Waals surface area contributed by atoms with Gasteiger partial charge >= 0.3 is 6.18 Å². The smallest absolute Gasteiger partial charge is 0.418 e. The number of nitrogens with one attached hydrogen (secondary N) is 1. The molecular weight excluding hydrogens is 469 g/mol. The fourth-order valence-corrected chi connectivity index (χ4v) is 3.90. The molecule has 0 amide bonds. The number of benzene rings is 2. The first-order valence-corrected chi connectivity index (χ1v) is 10.4. The number of rotatable bonds is 4. The summed E-state index contributed by atoms with van der Waals surface area (Å²) in [5.74, 6) is -2.68. The van der Waals surface area contributed by atoms with Crippen molar-refractivity contribution < 1.29 is 26.7 Å². The van der Waals surface area contributed by atoms with Crippen molar-refractivity contribution in [1.82, 2.24) is 9.97 Å². The standard InChI is InChI=1S/C25H20F5N3O2/c1-12-14(25(28,29)30)11-31-24(35-20-9-8-15(26)23(27)13(20)2)21(12)17-10-19(34)22-16(32-17)6-5-7-18(22)33(3)4/h5-11H,1-4H3,(H,32,34). The molecule has 0 saturated carbocycles. The fourth-order valence-electron chi connectivity index (χ4n) is 3.90. The number of H-pyrrole nitrogens is 1. The molecule has 2 aromatic carbocycles. The topological polar surface area (TPSA) is 58.2 Å². The van der Waals surface area contributed by atoms with E-state index in [9.17, 15) is 26.7 Å². The van der Waals surface area contributed by atoms with Gasteiger partial charge in [0.25, 0.3) is 0 Å². The lowest BCUT2D eigenvalue weighted by molar-refractivity contribution is -0.138. The van der Waals surface area contributed by atoms with Crippen molar-refractivity contribution in [1.29, 1.82) is 0 Å². The van der Waals surface area contributed by atoms with Crippen LogP contribution in [0.5, 0.6) is 11.6 Å². The third-order valence-corrected chi connectivity index (χ3v) is 5.69. The lowest BCUT2D eigenvalue weighted by Crippen LogP contribution is -2.14. The summed E-state index contributed by atoms with van der Waals surface area (Å²) in [5, 5.41) is 0.359. The van der Waals surface area contributed by atoms with Crippen LogP contribution in [0.15, 0.2) is 47.4 Å². The van der Waals surface area contributed by atoms with Crippen LogP contribution in [0.2, 0.25) is 0 Å². The average molecular weight is 489 g/mol. The van der Waals surface area contributed by atoms with Gasteiger partial charge in [0.1, 0.15) is 5.75 Å². The van der Waals surface area contributed by atoms with Crippen LogP contribution >= 0.6 is 0 Å². The molecule has 35 heavy (non-hydrogen) atoms. The first kappa shape index (κ1) is 24.2. The van der Waals surface area contributed by atoms with E-state index in [-0.39, 0.29) is 34.0 Å². The van der Waals surface area contributed by atoms with Gasteiger partial charge in [-0.15, -0.1) is 0 Å². The van der Waals surface area contributed by atoms with E-state index < -0.39 is 28.8 Å². The van der Waals surface area contributed by atoms with Gasteiger partial charge in [0.15, 0.2) is 17.1 Å². The summed E-state index contributed by atoms with van der Waals surface area (Å²) in [6.07, 6.45) is -4.12. The van der Waals surface area contributed by atoms with Gasteiger partial charge in [0, 0.05) is 37.6 Å². The van der Waals surface area contributed by atoms with Crippen LogP contribution in [0.4, 0.5) is 27.6 Å². The van der Waals surface area contributed by atoms with Gasteiger partial charge in [-0.2, -0.15) is 13.2 Å². The van der Waals surface area contributed by atoms with Crippen LogP contribution in [-0.2, 0) is 6.18 Å². The van der Waals surface area contributed by atoms with Crippen LogP contribution in [0.25, 0.3) is 22.2 Å². The summed E-state index contributed by atoms with van der Waals surface area (Å²) in [5.41, 5.74) is -0.953. The molecule has 2 aromatic heterocycles. The molecule has 0 aliphatic heterocycles. The number of ether oxygens (including phenoxy) is 1. The Morgan fingerprint density at radius 1 is 1.03 bits per heavy atom. The van der Waals surface area contributed by atoms with Crippen LogP contribution in [0, 0.1) is 25.5 Å². The van der Waals surface area contributed by atoms with Crippen LogP contribution in [0.3, 0.4) is 0 Å². The summed E-state index contributed by atoms with van der Waals surface area (Å²) in [6, 6.07) is 8.24. The van der Waals surface area contributed by atoms with Gasteiger partial charge in [0.2, 0.25) is 5.88 Å². The Labute approximate surface area is 196 Å². The summed E-state index contributed by atoms with van der Waals surface area (Å²) in [6.45, 7) is 2.49. The molecule has 0 aliphatic carbocycles. The van der Waals surface area contributed by atoms with Crippen molar-refractivity contribution >= 4 is 16.6 Å². The molecule has 0 atom stereocenters. The van der Waals surface area contributed by atoms with Gasteiger partial charge in [-0.1, -0.05) is 6.07 Å². The normalized spacial score (nSPS) is 11.7. The number of fused-ring (bicyclic) bond motifs is 1. The molecule has 4 rings (SSSR count). The Kier molecular flexibility index (Phi) is 6.00. The van der Waals surface area contributed by atoms with E-state index in [0.29, 0.717) is 22.8 Å². The summed E-state index contributed by atoms with van der Waals surface area (Å²) in [7, 11) is 3.53. The van der Waals surface area contributed by atoms with E-state index in [1.54, 1.807) is 37.2 Å². The maximum absolute atomic E-state index is 14.1. The minimum Gasteiger partial charge on any atom is -0.438 e. The second-order valence-corrected chi connectivity index (χ2v) is 8.20. The summed E-state index contributed by atoms with van der Waals surface area (Å²) >= 11 is 0. The van der Waals surface area contributed by atoms with Crippen LogP contribution in [0.1, 0.15) is 16.7 Å². The van der Waals surface area contributed by atoms with Crippen molar-refractivity contribution in [3.63, 3.8) is 0 Å². The molecule has 182 valence electrons. The summed E-state index contributed by atoms with van der Waals surface area (Å²) in [4.78, 5) is 21.7. The number of alkyl halides is 3. The molecule has 0 bridgehead atoms. The van der Waals surface area contributed by atoms with E-state index in [4.69, 9.17) is 4.74 Å². The number of halogens is 5. The number of anilines is 1. The van der Waals surface area contributed by atoms with E-state index in [1.807, 2.05) is 0 Å². The van der Waals surface area contributed by atoms with Gasteiger partial charge in [-0.25, -0.2) is 13.8 Å². The Balaban J connectivity index is 1.99. The third kappa shape index (κ3) is 4.31. The Bertz CT molecular complexity index is 1510. The Morgan fingerprint density at radius 2 is 1.74 bits per heavy atom. The highest BCUT2D eigenvalue weighted by Crippen LogP contribution is 2.41. The highest BCUT2D eigenvalue weighted by atomic mass is 19.4. The molecule has 10 heteroatoms. The lowest BCUT2D eigenvalue weighted by atomic mass is 10.0. The maximum atomic E-state index is 14.1. The highest BCUT2D eigenvalue weighted by molar-refractivity contribution is 5.93. The van der Waals surface area contributed by atoms with Crippen molar-refractivity contribution in [3.05, 3.63) is 81.1 Å². The molecule has 4 aromatic rings. The number of aromatic nitrogens is 2. The van der Waals surface area contributed by atoms with E-state index in [1.165, 1.54) is 19.9 Å². The molecule has 5 nitrogen and oxygen atoms in total. The molecule has 0 aliphatic rings. The Morgan fingerprint density at radius 3 is 2.40 bits per heavy atom. The monoisotopic (exact) mass is 489 g/mol. The number of nitrogens with zero attached hydrogens (tertiary/aromatic N) is 2. The molecular formula is C25H20F5N3O2. The SMILES string of the molecule is Cc1c(Oc2ncc(C(F)(F)F)c(C)c2-c2cc(=O)c3c(N(C)C)cccc3[nH]2)ccc(F)c1F. The quantitative estimate of drug-likeness (QED) is 0.339. The molecule has 0 unspecified atom stereocenters. The van der Waals surface area contributed by atoms with Crippen molar-refractivity contribution in [2.24, 2.45) is 0 Å². The second-order valence-electron chi connectivity index (χ2n) is 8.20. The van der Waals surface area contributed by atoms with E-state index in [2.05, 4.69) is 9.97 Å². The lowest BCUT2D eigenvalue weighted by Gasteiger charge is -2.19. The maximum Gasteiger partial charge on any atom is 0.418 e. The molecule has 0 spiro atoms. The minimum absolute atomic E-state index is 0.0322. The molecule has 1 N–H and O–H groups in total. The van der Waals surface area contributed by atoms with E-state index >= 15 is 0 Å². The minimum atomic E-state index is -4.72. The van der Waals surface area contributed by atoms with Gasteiger partial charge < -0.3 is 14.6 Å². The zero-order valence-electron chi connectivity index (χ0n) is 19.1. The molecule has 2 heterocycles. The Hall–Kier alpha value is -3.95. The van der Waals surface area contributed by atoms with E-state index in [0.717, 1.165) is 12.1 Å². The number of hydrogen-bond acceptors (Lipinski definition) is 4. The van der Waals surface area contributed by atoms with Crippen molar-refractivity contribution in [2.75, 3.05) is 19.0 Å². The predicted molar refractivity (Wildman–Crippen MR) is 123 cm³/mol. The number of aromatic amines is 1. The first-order valence-electron chi connectivity index (χ1n) is 10.4. The number of pyridine rings is 2. The van der Waals surface area contributed by atoms with Crippen molar-refractivity contribution in [3.8, 4) is 22.9 Å². The zero-order valence-corrected chi connectivity index (χ0v) is 19.1. The van der Waals surface area contributed by atoms with Crippen molar-refractivity contribution in [2.45, 2.75) is 20.0 Å². The molecule has 0 radical (unpaired) electrons. The van der Waals surface area contributed by atoms with Crippen LogP contribution in [-0.4, -0.2) is 24.1 Å². The van der Waals surface area contributed by atoms with Crippen LogP contribution < -0.4 is 15.1 Å². The first-order chi connectivity index (χ1) is 16.4. The molecule has 0 saturated heterocycles. The third-order valence-electron chi connectivity index (χ3n) is 5.69. The zero-order chi connectivity index (χ0) is 25.7. The average Bonchev–Trinajstić information content (AvgIpc) is 2.78.